The largest absolute Gasteiger partial charge is 0.376 e. The predicted octanol–water partition coefficient (Wildman–Crippen LogP) is 3.45. The SMILES string of the molecule is CCCO[C@H]1C[C@@H](C(=O)NC2CC2)CC[C@@H]1NC(=O)c1cc(Cl)ccc1F. The molecule has 2 aliphatic rings. The second-order valence-corrected chi connectivity index (χ2v) is 7.84. The lowest BCUT2D eigenvalue weighted by molar-refractivity contribution is -0.128. The van der Waals surface area contributed by atoms with E-state index in [1.165, 1.54) is 18.2 Å². The molecule has 1 aromatic carbocycles. The minimum absolute atomic E-state index is 0.0771. The van der Waals surface area contributed by atoms with Crippen molar-refractivity contribution in [3.05, 3.63) is 34.6 Å². The number of rotatable bonds is 7. The zero-order valence-corrected chi connectivity index (χ0v) is 16.2. The van der Waals surface area contributed by atoms with Crippen molar-refractivity contribution in [1.29, 1.82) is 0 Å². The Hall–Kier alpha value is -1.66. The van der Waals surface area contributed by atoms with Crippen LogP contribution in [0.1, 0.15) is 55.8 Å². The van der Waals surface area contributed by atoms with Gasteiger partial charge in [0.1, 0.15) is 5.82 Å². The quantitative estimate of drug-likeness (QED) is 0.741. The fourth-order valence-corrected chi connectivity index (χ4v) is 3.62. The van der Waals surface area contributed by atoms with Crippen molar-refractivity contribution in [2.45, 2.75) is 63.6 Å². The van der Waals surface area contributed by atoms with Crippen LogP contribution in [-0.4, -0.2) is 36.6 Å². The van der Waals surface area contributed by atoms with Crippen molar-refractivity contribution in [2.24, 2.45) is 5.92 Å². The molecule has 0 aromatic heterocycles. The van der Waals surface area contributed by atoms with Crippen LogP contribution in [0.25, 0.3) is 0 Å². The summed E-state index contributed by atoms with van der Waals surface area (Å²) >= 11 is 5.89. The molecule has 5 nitrogen and oxygen atoms in total. The summed E-state index contributed by atoms with van der Waals surface area (Å²) in [6.07, 6.45) is 4.54. The molecule has 3 rings (SSSR count). The Bertz CT molecular complexity index is 696. The number of carbonyl (C=O) groups excluding carboxylic acids is 2. The molecule has 0 bridgehead atoms. The van der Waals surface area contributed by atoms with Crippen LogP contribution in [0.15, 0.2) is 18.2 Å². The summed E-state index contributed by atoms with van der Waals surface area (Å²) in [5.41, 5.74) is -0.0784. The van der Waals surface area contributed by atoms with E-state index < -0.39 is 11.7 Å². The lowest BCUT2D eigenvalue weighted by atomic mass is 9.83. The summed E-state index contributed by atoms with van der Waals surface area (Å²) in [6.45, 7) is 2.56. The van der Waals surface area contributed by atoms with E-state index in [4.69, 9.17) is 16.3 Å². The van der Waals surface area contributed by atoms with Gasteiger partial charge in [0.15, 0.2) is 0 Å². The molecule has 2 amide bonds. The van der Waals surface area contributed by atoms with E-state index in [-0.39, 0.29) is 29.5 Å². The van der Waals surface area contributed by atoms with Gasteiger partial charge in [-0.15, -0.1) is 0 Å². The number of hydrogen-bond acceptors (Lipinski definition) is 3. The molecular formula is C20H26ClFN2O3. The number of amides is 2. The molecule has 0 saturated heterocycles. The Morgan fingerprint density at radius 2 is 2.00 bits per heavy atom. The molecule has 148 valence electrons. The average Bonchev–Trinajstić information content (AvgIpc) is 3.46. The highest BCUT2D eigenvalue weighted by Gasteiger charge is 2.37. The van der Waals surface area contributed by atoms with Crippen molar-refractivity contribution < 1.29 is 18.7 Å². The first-order chi connectivity index (χ1) is 13.0. The van der Waals surface area contributed by atoms with E-state index in [0.717, 1.165) is 19.3 Å². The van der Waals surface area contributed by atoms with Crippen LogP contribution in [0.3, 0.4) is 0 Å². The second kappa shape index (κ2) is 9.02. The molecule has 3 atom stereocenters. The monoisotopic (exact) mass is 396 g/mol. The lowest BCUT2D eigenvalue weighted by Gasteiger charge is -2.36. The molecule has 0 spiro atoms. The normalized spacial score (nSPS) is 25.1. The van der Waals surface area contributed by atoms with Gasteiger partial charge < -0.3 is 15.4 Å². The van der Waals surface area contributed by atoms with Gasteiger partial charge in [-0.05, 0) is 56.7 Å². The second-order valence-electron chi connectivity index (χ2n) is 7.41. The van der Waals surface area contributed by atoms with Crippen molar-refractivity contribution in [3.8, 4) is 0 Å². The fraction of sp³-hybridized carbons (Fsp3) is 0.600. The highest BCUT2D eigenvalue weighted by atomic mass is 35.5. The highest BCUT2D eigenvalue weighted by molar-refractivity contribution is 6.31. The van der Waals surface area contributed by atoms with Crippen molar-refractivity contribution in [2.75, 3.05) is 6.61 Å². The first-order valence-electron chi connectivity index (χ1n) is 9.65. The topological polar surface area (TPSA) is 67.4 Å². The van der Waals surface area contributed by atoms with Crippen LogP contribution >= 0.6 is 11.6 Å². The van der Waals surface area contributed by atoms with Gasteiger partial charge in [0, 0.05) is 23.6 Å². The van der Waals surface area contributed by atoms with E-state index >= 15 is 0 Å². The van der Waals surface area contributed by atoms with E-state index in [9.17, 15) is 14.0 Å². The summed E-state index contributed by atoms with van der Waals surface area (Å²) < 4.78 is 19.9. The summed E-state index contributed by atoms with van der Waals surface area (Å²) in [5, 5.41) is 6.24. The Labute approximate surface area is 164 Å². The summed E-state index contributed by atoms with van der Waals surface area (Å²) in [4.78, 5) is 24.9. The number of benzene rings is 1. The van der Waals surface area contributed by atoms with Crippen LogP contribution in [0, 0.1) is 11.7 Å². The van der Waals surface area contributed by atoms with Crippen molar-refractivity contribution >= 4 is 23.4 Å². The van der Waals surface area contributed by atoms with Gasteiger partial charge in [-0.3, -0.25) is 9.59 Å². The minimum atomic E-state index is -0.611. The zero-order chi connectivity index (χ0) is 19.4. The van der Waals surface area contributed by atoms with Gasteiger partial charge in [0.25, 0.3) is 5.91 Å². The minimum Gasteiger partial charge on any atom is -0.376 e. The maximum absolute atomic E-state index is 14.0. The number of nitrogens with one attached hydrogen (secondary N) is 2. The number of carbonyl (C=O) groups is 2. The molecular weight excluding hydrogens is 371 g/mol. The number of halogens is 2. The third-order valence-corrected chi connectivity index (χ3v) is 5.35. The van der Waals surface area contributed by atoms with Gasteiger partial charge in [-0.1, -0.05) is 18.5 Å². The summed E-state index contributed by atoms with van der Waals surface area (Å²) in [5.74, 6) is -1.15. The van der Waals surface area contributed by atoms with Gasteiger partial charge in [-0.25, -0.2) is 4.39 Å². The maximum atomic E-state index is 14.0. The summed E-state index contributed by atoms with van der Waals surface area (Å²) in [6, 6.07) is 3.98. The maximum Gasteiger partial charge on any atom is 0.254 e. The first kappa shape index (κ1) is 20.1. The Kier molecular flexibility index (Phi) is 6.71. The van der Waals surface area contributed by atoms with Crippen LogP contribution in [0.4, 0.5) is 4.39 Å². The average molecular weight is 397 g/mol. The van der Waals surface area contributed by atoms with Gasteiger partial charge in [0.05, 0.1) is 17.7 Å². The molecule has 2 N–H and O–H groups in total. The zero-order valence-electron chi connectivity index (χ0n) is 15.5. The molecule has 0 radical (unpaired) electrons. The van der Waals surface area contributed by atoms with Crippen LogP contribution < -0.4 is 10.6 Å². The van der Waals surface area contributed by atoms with Crippen molar-refractivity contribution in [1.82, 2.24) is 10.6 Å². The molecule has 2 aliphatic carbocycles. The molecule has 27 heavy (non-hydrogen) atoms. The van der Waals surface area contributed by atoms with E-state index in [2.05, 4.69) is 10.6 Å². The first-order valence-corrected chi connectivity index (χ1v) is 10.0. The Balaban J connectivity index is 1.64. The van der Waals surface area contributed by atoms with E-state index in [1.807, 2.05) is 6.92 Å². The molecule has 7 heteroatoms. The lowest BCUT2D eigenvalue weighted by Crippen LogP contribution is -2.50. The van der Waals surface area contributed by atoms with Gasteiger partial charge >= 0.3 is 0 Å². The van der Waals surface area contributed by atoms with E-state index in [1.54, 1.807) is 0 Å². The molecule has 0 heterocycles. The molecule has 2 fully saturated rings. The highest BCUT2D eigenvalue weighted by Crippen LogP contribution is 2.29. The third-order valence-electron chi connectivity index (χ3n) is 5.11. The van der Waals surface area contributed by atoms with Crippen LogP contribution in [0.5, 0.6) is 0 Å². The van der Waals surface area contributed by atoms with Crippen LogP contribution in [0.2, 0.25) is 5.02 Å². The molecule has 2 saturated carbocycles. The standard InChI is InChI=1S/C20H26ClFN2O3/c1-2-9-27-18-10-12(19(25)23-14-5-6-14)3-8-17(18)24-20(26)15-11-13(21)4-7-16(15)22/h4,7,11-12,14,17-18H,2-3,5-6,8-10H2,1H3,(H,23,25)(H,24,26)/t12-,17-,18-/m0/s1. The third kappa shape index (κ3) is 5.42. The molecule has 0 unspecified atom stereocenters. The molecule has 0 aliphatic heterocycles. The van der Waals surface area contributed by atoms with E-state index in [0.29, 0.717) is 36.9 Å². The van der Waals surface area contributed by atoms with Gasteiger partial charge in [-0.2, -0.15) is 0 Å². The summed E-state index contributed by atoms with van der Waals surface area (Å²) in [7, 11) is 0. The Morgan fingerprint density at radius 3 is 2.70 bits per heavy atom. The smallest absolute Gasteiger partial charge is 0.254 e. The van der Waals surface area contributed by atoms with Crippen LogP contribution in [-0.2, 0) is 9.53 Å². The van der Waals surface area contributed by atoms with Crippen molar-refractivity contribution in [3.63, 3.8) is 0 Å². The predicted molar refractivity (Wildman–Crippen MR) is 101 cm³/mol. The number of hydrogen-bond donors (Lipinski definition) is 2. The Morgan fingerprint density at radius 1 is 1.22 bits per heavy atom. The fourth-order valence-electron chi connectivity index (χ4n) is 3.45. The number of ether oxygens (including phenoxy) is 1. The van der Waals surface area contributed by atoms with Gasteiger partial charge in [0.2, 0.25) is 5.91 Å². The molecule has 1 aromatic rings.